The molecule has 5 nitrogen and oxygen atoms in total. The minimum Gasteiger partial charge on any atom is -0.378 e. The van der Waals surface area contributed by atoms with Crippen LogP contribution in [0.25, 0.3) is 0 Å². The van der Waals surface area contributed by atoms with Gasteiger partial charge in [0.05, 0.1) is 19.0 Å². The highest BCUT2D eigenvalue weighted by atomic mass is 32.2. The lowest BCUT2D eigenvalue weighted by atomic mass is 9.94. The fourth-order valence-electron chi connectivity index (χ4n) is 2.53. The molecule has 0 bridgehead atoms. The normalized spacial score (nSPS) is 27.2. The molecule has 0 aromatic carbocycles. The monoisotopic (exact) mass is 290 g/mol. The number of nitrogens with zero attached hydrogens (tertiary/aromatic N) is 2. The number of fused-ring (bicyclic) bond motifs is 1. The van der Waals surface area contributed by atoms with E-state index in [-0.39, 0.29) is 17.2 Å². The van der Waals surface area contributed by atoms with Crippen molar-refractivity contribution in [2.75, 3.05) is 45.1 Å². The van der Waals surface area contributed by atoms with Gasteiger partial charge in [0.2, 0.25) is 10.0 Å². The van der Waals surface area contributed by atoms with E-state index in [0.29, 0.717) is 26.1 Å². The Hall–Kier alpha value is -0.170. The van der Waals surface area contributed by atoms with Crippen LogP contribution in [-0.2, 0) is 14.8 Å². The van der Waals surface area contributed by atoms with Crippen LogP contribution in [0.4, 0.5) is 0 Å². The van der Waals surface area contributed by atoms with Crippen LogP contribution in [0.3, 0.4) is 0 Å². The second-order valence-corrected chi connectivity index (χ2v) is 8.84. The Morgan fingerprint density at radius 2 is 1.95 bits per heavy atom. The Labute approximate surface area is 117 Å². The van der Waals surface area contributed by atoms with Crippen molar-refractivity contribution in [2.45, 2.75) is 33.2 Å². The largest absolute Gasteiger partial charge is 0.378 e. The number of piperazine rings is 1. The zero-order valence-corrected chi connectivity index (χ0v) is 13.1. The van der Waals surface area contributed by atoms with Gasteiger partial charge in [0.25, 0.3) is 0 Å². The molecule has 2 aliphatic heterocycles. The average molecular weight is 290 g/mol. The van der Waals surface area contributed by atoms with Crippen LogP contribution < -0.4 is 0 Å². The summed E-state index contributed by atoms with van der Waals surface area (Å²) in [6, 6.07) is 0.243. The smallest absolute Gasteiger partial charge is 0.214 e. The minimum absolute atomic E-state index is 0.0584. The Kier molecular flexibility index (Phi) is 4.55. The zero-order chi connectivity index (χ0) is 14.1. The van der Waals surface area contributed by atoms with Crippen LogP contribution in [0.1, 0.15) is 27.2 Å². The molecular formula is C13H26N2O3S. The van der Waals surface area contributed by atoms with Crippen LogP contribution in [0, 0.1) is 5.41 Å². The molecule has 19 heavy (non-hydrogen) atoms. The highest BCUT2D eigenvalue weighted by Crippen LogP contribution is 2.22. The first-order valence-corrected chi connectivity index (χ1v) is 8.68. The van der Waals surface area contributed by atoms with Crippen molar-refractivity contribution >= 4 is 10.0 Å². The molecule has 6 heteroatoms. The molecule has 2 rings (SSSR count). The minimum atomic E-state index is -3.12. The summed E-state index contributed by atoms with van der Waals surface area (Å²) in [5, 5.41) is 0. The molecule has 2 saturated heterocycles. The summed E-state index contributed by atoms with van der Waals surface area (Å²) in [6.45, 7) is 10.7. The molecule has 0 unspecified atom stereocenters. The molecule has 0 aliphatic carbocycles. The molecule has 2 aliphatic rings. The first-order chi connectivity index (χ1) is 8.78. The summed E-state index contributed by atoms with van der Waals surface area (Å²) < 4.78 is 31.9. The van der Waals surface area contributed by atoms with Crippen LogP contribution in [0.2, 0.25) is 0 Å². The lowest BCUT2D eigenvalue weighted by Gasteiger charge is -2.43. The van der Waals surface area contributed by atoms with E-state index in [1.807, 2.05) is 0 Å². The van der Waals surface area contributed by atoms with Gasteiger partial charge < -0.3 is 4.74 Å². The predicted octanol–water partition coefficient (Wildman–Crippen LogP) is 0.769. The average Bonchev–Trinajstić information content (AvgIpc) is 2.35. The second kappa shape index (κ2) is 5.68. The highest BCUT2D eigenvalue weighted by Gasteiger charge is 2.35. The number of rotatable bonds is 3. The van der Waals surface area contributed by atoms with Crippen molar-refractivity contribution in [1.82, 2.24) is 9.21 Å². The lowest BCUT2D eigenvalue weighted by Crippen LogP contribution is -2.59. The molecule has 0 aromatic heterocycles. The van der Waals surface area contributed by atoms with Gasteiger partial charge >= 0.3 is 0 Å². The standard InChI is InChI=1S/C13H26N2O3S/c1-13(2,3)4-9-19(16,17)15-6-5-14-7-8-18-11-12(14)10-15/h12H,4-11H2,1-3H3/t12-/m1/s1. The van der Waals surface area contributed by atoms with E-state index in [1.54, 1.807) is 4.31 Å². The third-order valence-electron chi connectivity index (χ3n) is 3.90. The summed E-state index contributed by atoms with van der Waals surface area (Å²) >= 11 is 0. The summed E-state index contributed by atoms with van der Waals surface area (Å²) in [4.78, 5) is 2.35. The number of morpholine rings is 1. The molecular weight excluding hydrogens is 264 g/mol. The maximum Gasteiger partial charge on any atom is 0.214 e. The summed E-state index contributed by atoms with van der Waals surface area (Å²) in [5.74, 6) is 0.254. The summed E-state index contributed by atoms with van der Waals surface area (Å²) in [5.41, 5.74) is 0.0584. The van der Waals surface area contributed by atoms with Crippen LogP contribution in [-0.4, -0.2) is 68.8 Å². The quantitative estimate of drug-likeness (QED) is 0.770. The van der Waals surface area contributed by atoms with Gasteiger partial charge in [-0.15, -0.1) is 0 Å². The van der Waals surface area contributed by atoms with E-state index in [9.17, 15) is 8.42 Å². The molecule has 112 valence electrons. The number of hydrogen-bond acceptors (Lipinski definition) is 4. The van der Waals surface area contributed by atoms with Crippen molar-refractivity contribution in [3.63, 3.8) is 0 Å². The van der Waals surface area contributed by atoms with Crippen LogP contribution in [0.5, 0.6) is 0 Å². The van der Waals surface area contributed by atoms with Gasteiger partial charge in [-0.25, -0.2) is 8.42 Å². The molecule has 0 radical (unpaired) electrons. The van der Waals surface area contributed by atoms with Crippen molar-refractivity contribution in [3.05, 3.63) is 0 Å². The summed E-state index contributed by atoms with van der Waals surface area (Å²) in [6.07, 6.45) is 0.705. The Morgan fingerprint density at radius 3 is 2.63 bits per heavy atom. The van der Waals surface area contributed by atoms with Crippen molar-refractivity contribution < 1.29 is 13.2 Å². The third-order valence-corrected chi connectivity index (χ3v) is 5.74. The van der Waals surface area contributed by atoms with E-state index < -0.39 is 10.0 Å². The van der Waals surface area contributed by atoms with Gasteiger partial charge in [-0.1, -0.05) is 20.8 Å². The topological polar surface area (TPSA) is 49.9 Å². The molecule has 2 heterocycles. The molecule has 0 saturated carbocycles. The molecule has 2 fully saturated rings. The number of sulfonamides is 1. The predicted molar refractivity (Wildman–Crippen MR) is 75.6 cm³/mol. The fraction of sp³-hybridized carbons (Fsp3) is 1.00. The molecule has 0 aromatic rings. The van der Waals surface area contributed by atoms with E-state index in [1.165, 1.54) is 0 Å². The van der Waals surface area contributed by atoms with Gasteiger partial charge in [0, 0.05) is 32.2 Å². The van der Waals surface area contributed by atoms with E-state index in [2.05, 4.69) is 25.7 Å². The van der Waals surface area contributed by atoms with E-state index in [4.69, 9.17) is 4.74 Å². The third kappa shape index (κ3) is 4.15. The van der Waals surface area contributed by atoms with Crippen LogP contribution >= 0.6 is 0 Å². The van der Waals surface area contributed by atoms with Gasteiger partial charge in [-0.05, 0) is 11.8 Å². The molecule has 0 spiro atoms. The van der Waals surface area contributed by atoms with E-state index in [0.717, 1.165) is 19.7 Å². The van der Waals surface area contributed by atoms with Gasteiger partial charge in [-0.3, -0.25) is 4.90 Å². The maximum atomic E-state index is 12.4. The highest BCUT2D eigenvalue weighted by molar-refractivity contribution is 7.89. The Bertz CT molecular complexity index is 403. The van der Waals surface area contributed by atoms with Crippen molar-refractivity contribution in [3.8, 4) is 0 Å². The maximum absolute atomic E-state index is 12.4. The first-order valence-electron chi connectivity index (χ1n) is 7.08. The number of hydrogen-bond donors (Lipinski definition) is 0. The summed E-state index contributed by atoms with van der Waals surface area (Å²) in [7, 11) is -3.12. The fourth-order valence-corrected chi connectivity index (χ4v) is 4.42. The molecule has 0 N–H and O–H groups in total. The molecule has 1 atom stereocenters. The van der Waals surface area contributed by atoms with Gasteiger partial charge in [0.15, 0.2) is 0 Å². The SMILES string of the molecule is CC(C)(C)CCS(=O)(=O)N1CCN2CCOC[C@H]2C1. The van der Waals surface area contributed by atoms with E-state index >= 15 is 0 Å². The van der Waals surface area contributed by atoms with Crippen molar-refractivity contribution in [2.24, 2.45) is 5.41 Å². The Balaban J connectivity index is 1.94. The molecule has 0 amide bonds. The lowest BCUT2D eigenvalue weighted by molar-refractivity contribution is -0.0305. The van der Waals surface area contributed by atoms with Crippen molar-refractivity contribution in [1.29, 1.82) is 0 Å². The van der Waals surface area contributed by atoms with Gasteiger partial charge in [-0.2, -0.15) is 4.31 Å². The van der Waals surface area contributed by atoms with Crippen LogP contribution in [0.15, 0.2) is 0 Å². The Morgan fingerprint density at radius 1 is 1.21 bits per heavy atom. The zero-order valence-electron chi connectivity index (χ0n) is 12.3. The van der Waals surface area contributed by atoms with Gasteiger partial charge in [0.1, 0.15) is 0 Å². The second-order valence-electron chi connectivity index (χ2n) is 6.75. The number of ether oxygens (including phenoxy) is 1. The first kappa shape index (κ1) is 15.2.